The monoisotopic (exact) mass is 513 g/mol. The van der Waals surface area contributed by atoms with Crippen molar-refractivity contribution in [3.63, 3.8) is 0 Å². The highest BCUT2D eigenvalue weighted by molar-refractivity contribution is 7.89. The van der Waals surface area contributed by atoms with Gasteiger partial charge in [0.15, 0.2) is 5.78 Å². The molecule has 6 nitrogen and oxygen atoms in total. The lowest BCUT2D eigenvalue weighted by Gasteiger charge is -2.36. The third kappa shape index (κ3) is 5.02. The first-order valence-corrected chi connectivity index (χ1v) is 14.0. The Morgan fingerprint density at radius 2 is 1.68 bits per heavy atom. The number of Topliss-reactive ketones (excluding diaryl/α,β-unsaturated/α-hetero) is 1. The predicted octanol–water partition coefficient (Wildman–Crippen LogP) is 5.12. The Morgan fingerprint density at radius 1 is 0.946 bits per heavy atom. The number of sulfonamides is 1. The number of ketones is 1. The Hall–Kier alpha value is -3.55. The van der Waals surface area contributed by atoms with Crippen LogP contribution in [0, 0.1) is 20.8 Å². The predicted molar refractivity (Wildman–Crippen MR) is 144 cm³/mol. The number of hydrogen-bond acceptors (Lipinski definition) is 4. The lowest BCUT2D eigenvalue weighted by atomic mass is 9.91. The van der Waals surface area contributed by atoms with Crippen LogP contribution in [0.5, 0.6) is 0 Å². The Morgan fingerprint density at radius 3 is 2.38 bits per heavy atom. The summed E-state index contributed by atoms with van der Waals surface area (Å²) in [6, 6.07) is 20.6. The van der Waals surface area contributed by atoms with E-state index < -0.39 is 16.1 Å². The van der Waals surface area contributed by atoms with E-state index in [1.165, 1.54) is 4.31 Å². The van der Waals surface area contributed by atoms with Gasteiger partial charge in [-0.05, 0) is 79.6 Å². The number of carbonyl (C=O) groups is 1. The molecule has 190 valence electrons. The number of carbonyl (C=O) groups excluding carboxylic acids is 1. The largest absolute Gasteiger partial charge is 0.298 e. The van der Waals surface area contributed by atoms with Gasteiger partial charge in [-0.1, -0.05) is 54.1 Å². The van der Waals surface area contributed by atoms with Crippen molar-refractivity contribution in [2.24, 2.45) is 0 Å². The lowest BCUT2D eigenvalue weighted by Crippen LogP contribution is -2.48. The summed E-state index contributed by atoms with van der Waals surface area (Å²) < 4.78 is 31.4. The topological polar surface area (TPSA) is 72.3 Å². The number of fused-ring (bicyclic) bond motifs is 1. The molecule has 0 saturated heterocycles. The molecule has 5 rings (SSSR count). The summed E-state index contributed by atoms with van der Waals surface area (Å²) >= 11 is 0. The first-order valence-electron chi connectivity index (χ1n) is 12.5. The molecule has 0 spiro atoms. The third-order valence-electron chi connectivity index (χ3n) is 7.09. The first-order chi connectivity index (χ1) is 17.7. The highest BCUT2D eigenvalue weighted by Crippen LogP contribution is 2.33. The molecule has 0 bridgehead atoms. The molecule has 0 radical (unpaired) electrons. The molecule has 37 heavy (non-hydrogen) atoms. The molecule has 1 atom stereocenters. The molecule has 3 aromatic carbocycles. The molecule has 0 fully saturated rings. The number of aromatic nitrogens is 2. The van der Waals surface area contributed by atoms with E-state index in [1.807, 2.05) is 93.7 Å². The fraction of sp³-hybridized carbons (Fsp3) is 0.267. The van der Waals surface area contributed by atoms with Crippen molar-refractivity contribution in [2.45, 2.75) is 57.5 Å². The van der Waals surface area contributed by atoms with Crippen LogP contribution >= 0.6 is 0 Å². The summed E-state index contributed by atoms with van der Waals surface area (Å²) in [6.07, 6.45) is 4.77. The molecular weight excluding hydrogens is 482 g/mol. The molecule has 0 amide bonds. The molecule has 4 aromatic rings. The number of rotatable bonds is 7. The van der Waals surface area contributed by atoms with E-state index in [0.29, 0.717) is 28.9 Å². The van der Waals surface area contributed by atoms with Crippen LogP contribution in [0.3, 0.4) is 0 Å². The van der Waals surface area contributed by atoms with Gasteiger partial charge in [0.1, 0.15) is 0 Å². The van der Waals surface area contributed by atoms with Gasteiger partial charge in [-0.3, -0.25) is 4.79 Å². The normalized spacial score (nSPS) is 15.9. The van der Waals surface area contributed by atoms with Crippen LogP contribution in [0.4, 0.5) is 0 Å². The zero-order valence-corrected chi connectivity index (χ0v) is 22.2. The van der Waals surface area contributed by atoms with Crippen LogP contribution in [-0.4, -0.2) is 34.3 Å². The summed E-state index contributed by atoms with van der Waals surface area (Å²) in [4.78, 5) is 14.0. The molecule has 7 heteroatoms. The first kappa shape index (κ1) is 25.1. The summed E-state index contributed by atoms with van der Waals surface area (Å²) in [5.41, 5.74) is 6.35. The Bertz CT molecular complexity index is 1540. The van der Waals surface area contributed by atoms with E-state index >= 15 is 0 Å². The number of hydrogen-bond donors (Lipinski definition) is 0. The van der Waals surface area contributed by atoms with Crippen molar-refractivity contribution in [1.82, 2.24) is 14.1 Å². The van der Waals surface area contributed by atoms with Crippen LogP contribution in [0.25, 0.3) is 5.69 Å². The summed E-state index contributed by atoms with van der Waals surface area (Å²) in [6.45, 7) is 5.81. The molecule has 0 aliphatic carbocycles. The molecular formula is C30H31N3O3S. The fourth-order valence-corrected chi connectivity index (χ4v) is 7.43. The molecule has 1 aliphatic rings. The van der Waals surface area contributed by atoms with Crippen molar-refractivity contribution >= 4 is 15.8 Å². The van der Waals surface area contributed by atoms with Crippen molar-refractivity contribution in [3.05, 3.63) is 113 Å². The van der Waals surface area contributed by atoms with Crippen molar-refractivity contribution < 1.29 is 13.2 Å². The van der Waals surface area contributed by atoms with Crippen molar-refractivity contribution in [1.29, 1.82) is 0 Å². The minimum atomic E-state index is -3.90. The SMILES string of the molecule is Cc1cc(C)c(S(=O)(=O)N2Cc3ccccc3CC2C(=O)CCc2cccc(-n3cccn3)c2)c(C)c1. The van der Waals surface area contributed by atoms with Crippen LogP contribution in [-0.2, 0) is 34.2 Å². The van der Waals surface area contributed by atoms with E-state index in [0.717, 1.165) is 27.9 Å². The minimum absolute atomic E-state index is 0.0648. The second kappa shape index (κ2) is 10.1. The molecule has 0 saturated carbocycles. The van der Waals surface area contributed by atoms with Gasteiger partial charge < -0.3 is 0 Å². The van der Waals surface area contributed by atoms with Crippen LogP contribution in [0.2, 0.25) is 0 Å². The maximum Gasteiger partial charge on any atom is 0.244 e. The van der Waals surface area contributed by atoms with Crippen LogP contribution < -0.4 is 0 Å². The molecule has 1 aromatic heterocycles. The molecule has 1 unspecified atom stereocenters. The van der Waals surface area contributed by atoms with Crippen molar-refractivity contribution in [2.75, 3.05) is 0 Å². The zero-order valence-electron chi connectivity index (χ0n) is 21.4. The van der Waals surface area contributed by atoms with Gasteiger partial charge in [-0.2, -0.15) is 9.40 Å². The number of aryl methyl sites for hydroxylation is 4. The van der Waals surface area contributed by atoms with Gasteiger partial charge >= 0.3 is 0 Å². The quantitative estimate of drug-likeness (QED) is 0.344. The second-order valence-corrected chi connectivity index (χ2v) is 11.7. The highest BCUT2D eigenvalue weighted by Gasteiger charge is 2.40. The van der Waals surface area contributed by atoms with E-state index in [9.17, 15) is 13.2 Å². The van der Waals surface area contributed by atoms with E-state index in [1.54, 1.807) is 10.9 Å². The van der Waals surface area contributed by atoms with E-state index in [-0.39, 0.29) is 18.7 Å². The summed E-state index contributed by atoms with van der Waals surface area (Å²) in [5.74, 6) is -0.0648. The zero-order chi connectivity index (χ0) is 26.2. The van der Waals surface area contributed by atoms with E-state index in [4.69, 9.17) is 0 Å². The highest BCUT2D eigenvalue weighted by atomic mass is 32.2. The molecule has 0 N–H and O–H groups in total. The second-order valence-electron chi connectivity index (χ2n) is 9.85. The summed E-state index contributed by atoms with van der Waals surface area (Å²) in [5, 5.41) is 4.28. The molecule has 2 heterocycles. The summed E-state index contributed by atoms with van der Waals surface area (Å²) in [7, 11) is -3.90. The van der Waals surface area contributed by atoms with Crippen LogP contribution in [0.1, 0.15) is 39.8 Å². The maximum atomic E-state index is 14.1. The average Bonchev–Trinajstić information content (AvgIpc) is 3.41. The standard InChI is InChI=1S/C30H31N3O3S/c1-21-16-22(2)30(23(3)17-21)37(35,36)33-20-26-10-5-4-9-25(26)19-28(33)29(34)13-12-24-8-6-11-27(18-24)32-15-7-14-31-32/h4-11,14-18,28H,12-13,19-20H2,1-3H3. The van der Waals surface area contributed by atoms with Crippen molar-refractivity contribution in [3.8, 4) is 5.69 Å². The number of nitrogens with zero attached hydrogens (tertiary/aromatic N) is 3. The minimum Gasteiger partial charge on any atom is -0.298 e. The van der Waals surface area contributed by atoms with Gasteiger partial charge in [0.2, 0.25) is 10.0 Å². The average molecular weight is 514 g/mol. The molecule has 1 aliphatic heterocycles. The van der Waals surface area contributed by atoms with Gasteiger partial charge in [0.05, 0.1) is 16.6 Å². The third-order valence-corrected chi connectivity index (χ3v) is 9.25. The number of benzene rings is 3. The van der Waals surface area contributed by atoms with E-state index in [2.05, 4.69) is 5.10 Å². The van der Waals surface area contributed by atoms with Gasteiger partial charge in [0.25, 0.3) is 0 Å². The van der Waals surface area contributed by atoms with Gasteiger partial charge in [-0.15, -0.1) is 0 Å². The Labute approximate surface area is 218 Å². The fourth-order valence-electron chi connectivity index (χ4n) is 5.43. The maximum absolute atomic E-state index is 14.1. The van der Waals surface area contributed by atoms with Gasteiger partial charge in [-0.25, -0.2) is 13.1 Å². The Kier molecular flexibility index (Phi) is 6.84. The van der Waals surface area contributed by atoms with Crippen LogP contribution in [0.15, 0.2) is 84.0 Å². The smallest absolute Gasteiger partial charge is 0.244 e. The van der Waals surface area contributed by atoms with Gasteiger partial charge in [0, 0.05) is 25.4 Å². The lowest BCUT2D eigenvalue weighted by molar-refractivity contribution is -0.123. The Balaban J connectivity index is 1.45.